The van der Waals surface area contributed by atoms with Crippen molar-refractivity contribution >= 4 is 16.8 Å². The number of imidazole rings is 1. The molecule has 156 valence electrons. The van der Waals surface area contributed by atoms with Gasteiger partial charge in [-0.25, -0.2) is 9.97 Å². The highest BCUT2D eigenvalue weighted by Crippen LogP contribution is 2.43. The van der Waals surface area contributed by atoms with Crippen LogP contribution in [0.3, 0.4) is 0 Å². The van der Waals surface area contributed by atoms with Gasteiger partial charge in [-0.05, 0) is 74.6 Å². The number of H-pyrrole nitrogens is 1. The standard InChI is InChI=1S/C25H23N3O3/c1-25(30)13-12-17(15-25)19-5-4-14-26-24(19)31-18-10-8-16(9-11-18)22(29)23-27-20-6-2-3-7-21(20)28-23/h2-11,14,17,30H,12-13,15H2,1H3,(H,27,28)/t17-,25?/m0/s1. The number of ether oxygens (including phenoxy) is 1. The molecule has 2 aromatic carbocycles. The number of carbonyl (C=O) groups is 1. The highest BCUT2D eigenvalue weighted by Gasteiger charge is 2.35. The Hall–Kier alpha value is -3.51. The summed E-state index contributed by atoms with van der Waals surface area (Å²) in [5.74, 6) is 1.50. The molecular formula is C25H23N3O3. The molecule has 31 heavy (non-hydrogen) atoms. The average molecular weight is 413 g/mol. The number of benzene rings is 2. The number of rotatable bonds is 5. The lowest BCUT2D eigenvalue weighted by Crippen LogP contribution is -2.18. The summed E-state index contributed by atoms with van der Waals surface area (Å²) in [6.07, 6.45) is 4.07. The summed E-state index contributed by atoms with van der Waals surface area (Å²) in [4.78, 5) is 24.7. The Morgan fingerprint density at radius 3 is 2.68 bits per heavy atom. The summed E-state index contributed by atoms with van der Waals surface area (Å²) in [6.45, 7) is 1.88. The highest BCUT2D eigenvalue weighted by molar-refractivity contribution is 6.08. The molecule has 1 aliphatic rings. The number of aliphatic hydroxyl groups is 1. The second-order valence-electron chi connectivity index (χ2n) is 8.39. The molecule has 0 aliphatic heterocycles. The minimum absolute atomic E-state index is 0.172. The zero-order valence-corrected chi connectivity index (χ0v) is 17.2. The van der Waals surface area contributed by atoms with Crippen molar-refractivity contribution in [2.24, 2.45) is 0 Å². The van der Waals surface area contributed by atoms with E-state index >= 15 is 0 Å². The SMILES string of the molecule is CC1(O)CC[C@H](c2cccnc2Oc2ccc(C(=O)c3nc4ccccc4[nH]3)cc2)C1. The van der Waals surface area contributed by atoms with Crippen LogP contribution in [0.1, 0.15) is 53.8 Å². The van der Waals surface area contributed by atoms with Gasteiger partial charge in [0.05, 0.1) is 16.6 Å². The Balaban J connectivity index is 1.35. The minimum atomic E-state index is -0.642. The fourth-order valence-electron chi connectivity index (χ4n) is 4.27. The number of hydrogen-bond acceptors (Lipinski definition) is 5. The lowest BCUT2D eigenvalue weighted by molar-refractivity contribution is 0.0664. The van der Waals surface area contributed by atoms with Crippen molar-refractivity contribution in [3.05, 3.63) is 83.8 Å². The van der Waals surface area contributed by atoms with Crippen molar-refractivity contribution in [2.45, 2.75) is 37.7 Å². The lowest BCUT2D eigenvalue weighted by atomic mass is 9.96. The second-order valence-corrected chi connectivity index (χ2v) is 8.39. The predicted molar refractivity (Wildman–Crippen MR) is 117 cm³/mol. The number of fused-ring (bicyclic) bond motifs is 1. The monoisotopic (exact) mass is 413 g/mol. The molecular weight excluding hydrogens is 390 g/mol. The van der Waals surface area contributed by atoms with E-state index in [1.807, 2.05) is 43.3 Å². The molecule has 0 spiro atoms. The molecule has 1 saturated carbocycles. The topological polar surface area (TPSA) is 88.1 Å². The Bertz CT molecular complexity index is 1210. The lowest BCUT2D eigenvalue weighted by Gasteiger charge is -2.18. The Labute approximate surface area is 179 Å². The molecule has 1 aliphatic carbocycles. The van der Waals surface area contributed by atoms with Crippen LogP contribution in [-0.4, -0.2) is 31.4 Å². The van der Waals surface area contributed by atoms with E-state index in [0.717, 1.165) is 29.4 Å². The molecule has 1 fully saturated rings. The average Bonchev–Trinajstić information content (AvgIpc) is 3.37. The third-order valence-electron chi connectivity index (χ3n) is 5.89. The molecule has 0 saturated heterocycles. The molecule has 0 bridgehead atoms. The molecule has 1 unspecified atom stereocenters. The number of nitrogens with zero attached hydrogens (tertiary/aromatic N) is 2. The van der Waals surface area contributed by atoms with Crippen molar-refractivity contribution in [3.8, 4) is 11.6 Å². The zero-order chi connectivity index (χ0) is 21.4. The van der Waals surface area contributed by atoms with E-state index in [9.17, 15) is 9.90 Å². The highest BCUT2D eigenvalue weighted by atomic mass is 16.5. The van der Waals surface area contributed by atoms with Gasteiger partial charge in [0.15, 0.2) is 5.82 Å². The number of carbonyl (C=O) groups excluding carboxylic acids is 1. The van der Waals surface area contributed by atoms with E-state index in [2.05, 4.69) is 15.0 Å². The minimum Gasteiger partial charge on any atom is -0.439 e. The third-order valence-corrected chi connectivity index (χ3v) is 5.89. The van der Waals surface area contributed by atoms with E-state index in [4.69, 9.17) is 4.74 Å². The molecule has 6 nitrogen and oxygen atoms in total. The van der Waals surface area contributed by atoms with Gasteiger partial charge in [-0.3, -0.25) is 4.79 Å². The van der Waals surface area contributed by atoms with Crippen LogP contribution in [0.4, 0.5) is 0 Å². The van der Waals surface area contributed by atoms with Crippen molar-refractivity contribution in [2.75, 3.05) is 0 Å². The summed E-state index contributed by atoms with van der Waals surface area (Å²) < 4.78 is 6.05. The molecule has 2 atom stereocenters. The normalized spacial score (nSPS) is 20.8. The Morgan fingerprint density at radius 1 is 1.13 bits per heavy atom. The molecule has 2 N–H and O–H groups in total. The van der Waals surface area contributed by atoms with Gasteiger partial charge < -0.3 is 14.8 Å². The van der Waals surface area contributed by atoms with Crippen LogP contribution in [0.25, 0.3) is 11.0 Å². The van der Waals surface area contributed by atoms with Crippen molar-refractivity contribution in [1.82, 2.24) is 15.0 Å². The molecule has 4 aromatic rings. The van der Waals surface area contributed by atoms with Crippen LogP contribution in [0.5, 0.6) is 11.6 Å². The quantitative estimate of drug-likeness (QED) is 0.450. The maximum absolute atomic E-state index is 12.8. The number of ketones is 1. The van der Waals surface area contributed by atoms with Crippen molar-refractivity contribution in [3.63, 3.8) is 0 Å². The summed E-state index contributed by atoms with van der Waals surface area (Å²) >= 11 is 0. The number of nitrogens with one attached hydrogen (secondary N) is 1. The van der Waals surface area contributed by atoms with Crippen LogP contribution in [-0.2, 0) is 0 Å². The molecule has 2 aromatic heterocycles. The third kappa shape index (κ3) is 3.94. The smallest absolute Gasteiger partial charge is 0.228 e. The first-order chi connectivity index (χ1) is 15.0. The summed E-state index contributed by atoms with van der Waals surface area (Å²) in [5, 5.41) is 10.3. The molecule has 0 amide bonds. The van der Waals surface area contributed by atoms with Crippen LogP contribution < -0.4 is 4.74 Å². The number of aromatic amines is 1. The fraction of sp³-hybridized carbons (Fsp3) is 0.240. The Morgan fingerprint density at radius 2 is 1.94 bits per heavy atom. The first kappa shape index (κ1) is 19.5. The molecule has 2 heterocycles. The van der Waals surface area contributed by atoms with Gasteiger partial charge in [-0.2, -0.15) is 0 Å². The number of para-hydroxylation sites is 2. The van der Waals surface area contributed by atoms with E-state index < -0.39 is 5.60 Å². The fourth-order valence-corrected chi connectivity index (χ4v) is 4.27. The molecule has 0 radical (unpaired) electrons. The number of pyridine rings is 1. The predicted octanol–water partition coefficient (Wildman–Crippen LogP) is 5.00. The van der Waals surface area contributed by atoms with Crippen molar-refractivity contribution < 1.29 is 14.6 Å². The van der Waals surface area contributed by atoms with E-state index in [-0.39, 0.29) is 11.7 Å². The zero-order valence-electron chi connectivity index (χ0n) is 17.2. The van der Waals surface area contributed by atoms with E-state index in [1.165, 1.54) is 0 Å². The summed E-state index contributed by atoms with van der Waals surface area (Å²) in [6, 6.07) is 18.4. The van der Waals surface area contributed by atoms with Crippen LogP contribution >= 0.6 is 0 Å². The maximum atomic E-state index is 12.8. The van der Waals surface area contributed by atoms with Gasteiger partial charge in [0, 0.05) is 17.3 Å². The molecule has 5 rings (SSSR count). The van der Waals surface area contributed by atoms with Gasteiger partial charge in [0.2, 0.25) is 11.7 Å². The first-order valence-corrected chi connectivity index (χ1v) is 10.4. The van der Waals surface area contributed by atoms with E-state index in [0.29, 0.717) is 29.4 Å². The van der Waals surface area contributed by atoms with Crippen LogP contribution in [0, 0.1) is 0 Å². The van der Waals surface area contributed by atoms with Gasteiger partial charge in [0.25, 0.3) is 0 Å². The number of hydrogen-bond donors (Lipinski definition) is 2. The van der Waals surface area contributed by atoms with Gasteiger partial charge in [-0.1, -0.05) is 18.2 Å². The summed E-state index contributed by atoms with van der Waals surface area (Å²) in [5.41, 5.74) is 2.48. The van der Waals surface area contributed by atoms with E-state index in [1.54, 1.807) is 30.5 Å². The molecule has 6 heteroatoms. The van der Waals surface area contributed by atoms with Crippen molar-refractivity contribution in [1.29, 1.82) is 0 Å². The van der Waals surface area contributed by atoms with Gasteiger partial charge >= 0.3 is 0 Å². The van der Waals surface area contributed by atoms with Gasteiger partial charge in [-0.15, -0.1) is 0 Å². The van der Waals surface area contributed by atoms with Crippen LogP contribution in [0.15, 0.2) is 66.9 Å². The summed E-state index contributed by atoms with van der Waals surface area (Å²) in [7, 11) is 0. The van der Waals surface area contributed by atoms with Gasteiger partial charge in [0.1, 0.15) is 5.75 Å². The largest absolute Gasteiger partial charge is 0.439 e. The maximum Gasteiger partial charge on any atom is 0.228 e. The van der Waals surface area contributed by atoms with Crippen LogP contribution in [0.2, 0.25) is 0 Å². The number of aromatic nitrogens is 3. The first-order valence-electron chi connectivity index (χ1n) is 10.4. The second kappa shape index (κ2) is 7.63. The Kier molecular flexibility index (Phi) is 4.79.